The lowest BCUT2D eigenvalue weighted by atomic mass is 9.90. The number of hydrogen-bond acceptors (Lipinski definition) is 3. The molecule has 0 N–H and O–H groups in total. The molecule has 20 heavy (non-hydrogen) atoms. The zero-order valence-electron chi connectivity index (χ0n) is 13.1. The predicted octanol–water partition coefficient (Wildman–Crippen LogP) is 0.704. The van der Waals surface area contributed by atoms with E-state index in [1.807, 2.05) is 24.0 Å². The smallest absolute Gasteiger partial charge is 0.280 e. The largest absolute Gasteiger partial charge is 0.334 e. The normalized spacial score (nSPS) is 12.2. The molecule has 0 aliphatic rings. The van der Waals surface area contributed by atoms with Crippen molar-refractivity contribution in [3.63, 3.8) is 0 Å². The molecule has 6 heteroatoms. The Morgan fingerprint density at radius 2 is 1.90 bits per heavy atom. The summed E-state index contributed by atoms with van der Waals surface area (Å²) in [4.78, 5) is 21.5. The number of imidazole rings is 1. The van der Waals surface area contributed by atoms with Gasteiger partial charge in [-0.15, -0.1) is 0 Å². The Hall–Kier alpha value is -1.59. The minimum Gasteiger partial charge on any atom is -0.334 e. The molecule has 0 saturated carbocycles. The maximum atomic E-state index is 12.8. The number of aryl methyl sites for hydroxylation is 1. The lowest BCUT2D eigenvalue weighted by Gasteiger charge is -2.31. The molecule has 0 fully saturated rings. The highest BCUT2D eigenvalue weighted by atomic mass is 16.1. The van der Waals surface area contributed by atoms with Gasteiger partial charge in [0.15, 0.2) is 19.0 Å². The third-order valence-electron chi connectivity index (χ3n) is 4.18. The van der Waals surface area contributed by atoms with Crippen molar-refractivity contribution < 1.29 is 0 Å². The van der Waals surface area contributed by atoms with Crippen molar-refractivity contribution in [1.82, 2.24) is 19.1 Å². The van der Waals surface area contributed by atoms with E-state index in [1.54, 1.807) is 6.33 Å². The van der Waals surface area contributed by atoms with Crippen molar-refractivity contribution in [2.75, 3.05) is 0 Å². The first-order valence-electron chi connectivity index (χ1n) is 7.35. The van der Waals surface area contributed by atoms with E-state index in [0.29, 0.717) is 11.2 Å². The van der Waals surface area contributed by atoms with Gasteiger partial charge in [-0.05, 0) is 19.8 Å². The molecule has 0 amide bonds. The highest BCUT2D eigenvalue weighted by Gasteiger charge is 2.27. The van der Waals surface area contributed by atoms with E-state index in [2.05, 4.69) is 30.7 Å². The molecule has 0 unspecified atom stereocenters. The Labute approximate surface area is 120 Å². The molecule has 2 heterocycles. The Balaban J connectivity index is 2.68. The summed E-state index contributed by atoms with van der Waals surface area (Å²) in [5.74, 6) is 0. The molecule has 0 aliphatic heterocycles. The average Bonchev–Trinajstić information content (AvgIpc) is 2.66. The van der Waals surface area contributed by atoms with Gasteiger partial charge in [0.1, 0.15) is 6.33 Å². The summed E-state index contributed by atoms with van der Waals surface area (Å²) < 4.78 is 3.64. The van der Waals surface area contributed by atoms with Crippen LogP contribution in [0.2, 0.25) is 0 Å². The summed E-state index contributed by atoms with van der Waals surface area (Å²) in [6, 6.07) is 0. The molecule has 2 aromatic heterocycles. The zero-order chi connectivity index (χ0) is 14.9. The van der Waals surface area contributed by atoms with Gasteiger partial charge in [-0.2, -0.15) is 0 Å². The fourth-order valence-corrected chi connectivity index (χ4v) is 3.03. The summed E-state index contributed by atoms with van der Waals surface area (Å²) in [5.41, 5.74) is 1.81. The van der Waals surface area contributed by atoms with Crippen molar-refractivity contribution in [1.29, 1.82) is 0 Å². The minimum absolute atomic E-state index is 0.0162. The molecule has 0 aliphatic carbocycles. The number of nitrogens with zero attached hydrogens (tertiary/aromatic N) is 4. The predicted molar refractivity (Wildman–Crippen MR) is 84.4 cm³/mol. The fourth-order valence-electron chi connectivity index (χ4n) is 3.03. The van der Waals surface area contributed by atoms with Crippen LogP contribution in [-0.4, -0.2) is 26.9 Å². The number of hydrogen-bond donors (Lipinski definition) is 0. The van der Waals surface area contributed by atoms with E-state index in [1.165, 1.54) is 0 Å². The first-order valence-corrected chi connectivity index (χ1v) is 7.35. The molecule has 2 aromatic rings. The molecule has 0 bridgehead atoms. The van der Waals surface area contributed by atoms with Crippen LogP contribution in [0.15, 0.2) is 11.1 Å². The van der Waals surface area contributed by atoms with Crippen molar-refractivity contribution >= 4 is 24.7 Å². The van der Waals surface area contributed by atoms with E-state index in [0.717, 1.165) is 31.4 Å². The Bertz CT molecular complexity index is 668. The summed E-state index contributed by atoms with van der Waals surface area (Å²) in [7, 11) is 3.76. The second kappa shape index (κ2) is 5.42. The third-order valence-corrected chi connectivity index (χ3v) is 4.18. The molecule has 0 atom stereocenters. The number of rotatable bonds is 5. The van der Waals surface area contributed by atoms with Gasteiger partial charge < -0.3 is 4.57 Å². The second-order valence-electron chi connectivity index (χ2n) is 5.81. The highest BCUT2D eigenvalue weighted by Crippen LogP contribution is 2.26. The van der Waals surface area contributed by atoms with Crippen LogP contribution < -0.4 is 11.3 Å². The third kappa shape index (κ3) is 2.27. The van der Waals surface area contributed by atoms with E-state index in [9.17, 15) is 4.79 Å². The van der Waals surface area contributed by atoms with Crippen LogP contribution in [0, 0.1) is 0 Å². The fraction of sp³-hybridized carbons (Fsp3) is 0.643. The lowest BCUT2D eigenvalue weighted by molar-refractivity contribution is 0.255. The first kappa shape index (κ1) is 14.8. The molecule has 0 spiro atoms. The molecular formula is C14H23BN4O. The minimum atomic E-state index is -0.167. The molecule has 108 valence electrons. The monoisotopic (exact) mass is 274 g/mol. The molecule has 0 radical (unpaired) electrons. The van der Waals surface area contributed by atoms with Gasteiger partial charge in [-0.3, -0.25) is 9.36 Å². The van der Waals surface area contributed by atoms with Crippen LogP contribution >= 0.6 is 0 Å². The zero-order valence-corrected chi connectivity index (χ0v) is 13.1. The molecule has 5 nitrogen and oxygen atoms in total. The van der Waals surface area contributed by atoms with Crippen LogP contribution in [0.3, 0.4) is 0 Å². The van der Waals surface area contributed by atoms with Crippen LogP contribution in [0.1, 0.15) is 46.5 Å². The van der Waals surface area contributed by atoms with Crippen molar-refractivity contribution in [3.05, 3.63) is 16.7 Å². The Kier molecular flexibility index (Phi) is 4.02. The summed E-state index contributed by atoms with van der Waals surface area (Å²) >= 11 is 0. The van der Waals surface area contributed by atoms with E-state index in [4.69, 9.17) is 0 Å². The highest BCUT2D eigenvalue weighted by molar-refractivity contribution is 6.30. The van der Waals surface area contributed by atoms with Gasteiger partial charge in [0.05, 0.1) is 5.72 Å². The van der Waals surface area contributed by atoms with E-state index in [-0.39, 0.29) is 11.1 Å². The van der Waals surface area contributed by atoms with Gasteiger partial charge in [0.25, 0.3) is 5.56 Å². The Morgan fingerprint density at radius 3 is 2.45 bits per heavy atom. The topological polar surface area (TPSA) is 52.7 Å². The van der Waals surface area contributed by atoms with Crippen LogP contribution in [0.25, 0.3) is 11.2 Å². The van der Waals surface area contributed by atoms with Crippen LogP contribution in [0.5, 0.6) is 0 Å². The maximum Gasteiger partial charge on any atom is 0.280 e. The standard InChI is InChI=1S/C14H23BN4O/c1-5-7-14(3,8-6-2)19-9-16-11-10(12(19)20)18(4)13(15)17-11/h9H,5-8,15H2,1-4H3. The molecule has 2 rings (SSSR count). The maximum absolute atomic E-state index is 12.8. The van der Waals surface area contributed by atoms with Gasteiger partial charge >= 0.3 is 0 Å². The van der Waals surface area contributed by atoms with E-state index >= 15 is 0 Å². The van der Waals surface area contributed by atoms with Gasteiger partial charge in [0, 0.05) is 12.6 Å². The summed E-state index contributed by atoms with van der Waals surface area (Å²) in [6.07, 6.45) is 5.72. The molecule has 0 aromatic carbocycles. The van der Waals surface area contributed by atoms with Gasteiger partial charge in [-0.25, -0.2) is 9.97 Å². The summed E-state index contributed by atoms with van der Waals surface area (Å²) in [5, 5.41) is 0. The lowest BCUT2D eigenvalue weighted by Crippen LogP contribution is -2.39. The second-order valence-corrected chi connectivity index (χ2v) is 5.81. The van der Waals surface area contributed by atoms with Crippen molar-refractivity contribution in [2.24, 2.45) is 7.05 Å². The van der Waals surface area contributed by atoms with Crippen LogP contribution in [0.4, 0.5) is 0 Å². The first-order chi connectivity index (χ1) is 9.44. The quantitative estimate of drug-likeness (QED) is 0.754. The number of aromatic nitrogens is 4. The van der Waals surface area contributed by atoms with E-state index < -0.39 is 0 Å². The molecular weight excluding hydrogens is 251 g/mol. The number of fused-ring (bicyclic) bond motifs is 1. The van der Waals surface area contributed by atoms with Gasteiger partial charge in [-0.1, -0.05) is 26.7 Å². The SMILES string of the molecule is Bc1nc2ncn(C(C)(CCC)CCC)c(=O)c2n1C. The van der Waals surface area contributed by atoms with Crippen molar-refractivity contribution in [2.45, 2.75) is 52.0 Å². The van der Waals surface area contributed by atoms with Crippen LogP contribution in [-0.2, 0) is 12.6 Å². The van der Waals surface area contributed by atoms with Crippen molar-refractivity contribution in [3.8, 4) is 0 Å². The van der Waals surface area contributed by atoms with Gasteiger partial charge in [0.2, 0.25) is 0 Å². The average molecular weight is 274 g/mol. The summed E-state index contributed by atoms with van der Waals surface area (Å²) in [6.45, 7) is 6.45. The Morgan fingerprint density at radius 1 is 1.30 bits per heavy atom. The molecule has 0 saturated heterocycles.